The van der Waals surface area contributed by atoms with Gasteiger partial charge >= 0.3 is 0 Å². The van der Waals surface area contributed by atoms with Crippen LogP contribution < -0.4 is 5.32 Å². The van der Waals surface area contributed by atoms with Crippen molar-refractivity contribution in [3.05, 3.63) is 66.2 Å². The van der Waals surface area contributed by atoms with Crippen LogP contribution in [0.2, 0.25) is 0 Å². The zero-order chi connectivity index (χ0) is 16.1. The minimum atomic E-state index is -0.326. The first-order chi connectivity index (χ1) is 11.3. The summed E-state index contributed by atoms with van der Waals surface area (Å²) in [5.74, 6) is 0.228. The summed E-state index contributed by atoms with van der Waals surface area (Å²) in [5.41, 5.74) is 1.79. The molecule has 2 N–H and O–H groups in total. The van der Waals surface area contributed by atoms with Crippen LogP contribution in [0.15, 0.2) is 60.7 Å². The third-order valence-corrected chi connectivity index (χ3v) is 4.35. The zero-order valence-corrected chi connectivity index (χ0v) is 13.1. The largest absolute Gasteiger partial charge is 0.396 e. The summed E-state index contributed by atoms with van der Waals surface area (Å²) in [6, 6.07) is 19.0. The van der Waals surface area contributed by atoms with E-state index in [-0.39, 0.29) is 24.5 Å². The molecule has 0 bridgehead atoms. The summed E-state index contributed by atoms with van der Waals surface area (Å²) >= 11 is 0. The molecule has 23 heavy (non-hydrogen) atoms. The number of hydrogen-bond donors (Lipinski definition) is 2. The summed E-state index contributed by atoms with van der Waals surface area (Å²) in [5, 5.41) is 12.4. The Bertz CT molecular complexity index is 630. The van der Waals surface area contributed by atoms with Gasteiger partial charge in [0.1, 0.15) is 6.04 Å². The molecule has 4 nitrogen and oxygen atoms in total. The van der Waals surface area contributed by atoms with Gasteiger partial charge in [-0.3, -0.25) is 9.69 Å². The van der Waals surface area contributed by atoms with Crippen LogP contribution in [0.4, 0.5) is 5.69 Å². The highest BCUT2D eigenvalue weighted by Gasteiger charge is 2.33. The normalized spacial score (nSPS) is 19.4. The number of rotatable bonds is 5. The van der Waals surface area contributed by atoms with Crippen molar-refractivity contribution in [2.75, 3.05) is 25.0 Å². The Balaban J connectivity index is 1.82. The number of carbonyl (C=O) groups is 1. The number of nitrogens with zero attached hydrogens (tertiary/aromatic N) is 1. The predicted octanol–water partition coefficient (Wildman–Crippen LogP) is 2.68. The minimum Gasteiger partial charge on any atom is -0.396 e. The Morgan fingerprint density at radius 1 is 1.13 bits per heavy atom. The Kier molecular flexibility index (Phi) is 5.05. The molecule has 0 spiro atoms. The number of para-hydroxylation sites is 1. The topological polar surface area (TPSA) is 52.6 Å². The lowest BCUT2D eigenvalue weighted by atomic mass is 10.0. The molecule has 0 saturated carbocycles. The Morgan fingerprint density at radius 3 is 2.39 bits per heavy atom. The molecule has 2 unspecified atom stereocenters. The number of benzene rings is 2. The number of nitrogens with one attached hydrogen (secondary N) is 1. The maximum atomic E-state index is 12.9. The van der Waals surface area contributed by atoms with Gasteiger partial charge in [0.2, 0.25) is 5.91 Å². The van der Waals surface area contributed by atoms with E-state index in [9.17, 15) is 9.90 Å². The highest BCUT2D eigenvalue weighted by molar-refractivity contribution is 5.95. The molecular weight excluding hydrogens is 288 g/mol. The van der Waals surface area contributed by atoms with Crippen LogP contribution in [-0.2, 0) is 4.79 Å². The van der Waals surface area contributed by atoms with Crippen molar-refractivity contribution < 1.29 is 9.90 Å². The van der Waals surface area contributed by atoms with E-state index in [1.807, 2.05) is 60.7 Å². The van der Waals surface area contributed by atoms with Gasteiger partial charge in [-0.2, -0.15) is 0 Å². The van der Waals surface area contributed by atoms with Gasteiger partial charge in [-0.1, -0.05) is 48.5 Å². The molecule has 2 atom stereocenters. The predicted molar refractivity (Wildman–Crippen MR) is 91.0 cm³/mol. The highest BCUT2D eigenvalue weighted by atomic mass is 16.3. The van der Waals surface area contributed by atoms with Crippen LogP contribution in [0, 0.1) is 5.92 Å². The van der Waals surface area contributed by atoms with Crippen molar-refractivity contribution in [1.82, 2.24) is 4.90 Å². The van der Waals surface area contributed by atoms with Crippen molar-refractivity contribution in [3.63, 3.8) is 0 Å². The molecule has 0 aliphatic carbocycles. The van der Waals surface area contributed by atoms with Crippen molar-refractivity contribution in [3.8, 4) is 0 Å². The summed E-state index contributed by atoms with van der Waals surface area (Å²) in [4.78, 5) is 15.0. The lowest BCUT2D eigenvalue weighted by molar-refractivity contribution is -0.121. The summed E-state index contributed by atoms with van der Waals surface area (Å²) in [6.45, 7) is 1.75. The monoisotopic (exact) mass is 310 g/mol. The second-order valence-electron chi connectivity index (χ2n) is 6.00. The number of hydrogen-bond acceptors (Lipinski definition) is 3. The Labute approximate surface area is 136 Å². The van der Waals surface area contributed by atoms with Crippen LogP contribution in [0.25, 0.3) is 0 Å². The first kappa shape index (κ1) is 15.7. The maximum Gasteiger partial charge on any atom is 0.246 e. The zero-order valence-electron chi connectivity index (χ0n) is 13.1. The van der Waals surface area contributed by atoms with Gasteiger partial charge in [0.15, 0.2) is 0 Å². The molecule has 1 saturated heterocycles. The third kappa shape index (κ3) is 3.78. The van der Waals surface area contributed by atoms with Crippen molar-refractivity contribution in [2.24, 2.45) is 5.92 Å². The average molecular weight is 310 g/mol. The molecular formula is C19H22N2O2. The number of aliphatic hydroxyl groups excluding tert-OH is 1. The molecule has 1 aliphatic heterocycles. The molecule has 4 heteroatoms. The molecule has 1 amide bonds. The van der Waals surface area contributed by atoms with Gasteiger partial charge in [0.05, 0.1) is 0 Å². The maximum absolute atomic E-state index is 12.9. The van der Waals surface area contributed by atoms with E-state index in [1.165, 1.54) is 0 Å². The van der Waals surface area contributed by atoms with Crippen LogP contribution in [0.3, 0.4) is 0 Å². The molecule has 1 fully saturated rings. The summed E-state index contributed by atoms with van der Waals surface area (Å²) in [6.07, 6.45) is 0.929. The average Bonchev–Trinajstić information content (AvgIpc) is 3.05. The van der Waals surface area contributed by atoms with Crippen LogP contribution >= 0.6 is 0 Å². The summed E-state index contributed by atoms with van der Waals surface area (Å²) in [7, 11) is 0. The lowest BCUT2D eigenvalue weighted by Gasteiger charge is -2.27. The highest BCUT2D eigenvalue weighted by Crippen LogP contribution is 2.28. The third-order valence-electron chi connectivity index (χ3n) is 4.35. The van der Waals surface area contributed by atoms with Gasteiger partial charge in [0.25, 0.3) is 0 Å². The number of likely N-dealkylation sites (tertiary alicyclic amines) is 1. The van der Waals surface area contributed by atoms with E-state index in [4.69, 9.17) is 0 Å². The van der Waals surface area contributed by atoms with Gasteiger partial charge in [0, 0.05) is 18.8 Å². The first-order valence-electron chi connectivity index (χ1n) is 8.03. The Hall–Kier alpha value is -2.17. The smallest absolute Gasteiger partial charge is 0.246 e. The molecule has 3 rings (SSSR count). The molecule has 120 valence electrons. The number of carbonyl (C=O) groups excluding carboxylic acids is 1. The second kappa shape index (κ2) is 7.40. The van der Waals surface area contributed by atoms with E-state index >= 15 is 0 Å². The Morgan fingerprint density at radius 2 is 1.78 bits per heavy atom. The van der Waals surface area contributed by atoms with E-state index < -0.39 is 0 Å². The minimum absolute atomic E-state index is 0.0269. The van der Waals surface area contributed by atoms with Crippen LogP contribution in [0.5, 0.6) is 0 Å². The van der Waals surface area contributed by atoms with Crippen molar-refractivity contribution >= 4 is 11.6 Å². The van der Waals surface area contributed by atoms with Gasteiger partial charge in [-0.05, 0) is 36.6 Å². The molecule has 2 aromatic carbocycles. The molecule has 1 heterocycles. The lowest BCUT2D eigenvalue weighted by Crippen LogP contribution is -2.36. The van der Waals surface area contributed by atoms with Crippen LogP contribution in [0.1, 0.15) is 18.0 Å². The summed E-state index contributed by atoms with van der Waals surface area (Å²) < 4.78 is 0. The first-order valence-corrected chi connectivity index (χ1v) is 8.03. The van der Waals surface area contributed by atoms with E-state index in [2.05, 4.69) is 10.2 Å². The van der Waals surface area contributed by atoms with Gasteiger partial charge < -0.3 is 10.4 Å². The fourth-order valence-corrected chi connectivity index (χ4v) is 3.14. The van der Waals surface area contributed by atoms with Crippen molar-refractivity contribution in [1.29, 1.82) is 0 Å². The fraction of sp³-hybridized carbons (Fsp3) is 0.316. The standard InChI is InChI=1S/C19H22N2O2/c22-14-15-11-12-21(13-15)18(16-7-3-1-4-8-16)19(23)20-17-9-5-2-6-10-17/h1-10,15,18,22H,11-14H2,(H,20,23). The molecule has 0 radical (unpaired) electrons. The SMILES string of the molecule is O=C(Nc1ccccc1)C(c1ccccc1)N1CCC(CO)C1. The van der Waals surface area contributed by atoms with Gasteiger partial charge in [-0.15, -0.1) is 0 Å². The molecule has 2 aromatic rings. The van der Waals surface area contributed by atoms with Crippen LogP contribution in [-0.4, -0.2) is 35.6 Å². The number of amides is 1. The number of aliphatic hydroxyl groups is 1. The van der Waals surface area contributed by atoms with E-state index in [0.717, 1.165) is 30.8 Å². The second-order valence-corrected chi connectivity index (χ2v) is 6.00. The molecule has 0 aromatic heterocycles. The quantitative estimate of drug-likeness (QED) is 0.893. The van der Waals surface area contributed by atoms with Gasteiger partial charge in [-0.25, -0.2) is 0 Å². The number of anilines is 1. The van der Waals surface area contributed by atoms with E-state index in [0.29, 0.717) is 0 Å². The molecule has 1 aliphatic rings. The van der Waals surface area contributed by atoms with E-state index in [1.54, 1.807) is 0 Å². The van der Waals surface area contributed by atoms with Crippen molar-refractivity contribution in [2.45, 2.75) is 12.5 Å². The fourth-order valence-electron chi connectivity index (χ4n) is 3.14.